The number of aliphatic hydroxyl groups is 2. The molecule has 1 aliphatic heterocycles. The first-order valence-corrected chi connectivity index (χ1v) is 4.27. The van der Waals surface area contributed by atoms with Gasteiger partial charge in [0, 0.05) is 19.6 Å². The Morgan fingerprint density at radius 1 is 1.64 bits per heavy atom. The molecule has 2 atom stereocenters. The molecule has 2 N–H and O–H groups in total. The van der Waals surface area contributed by atoms with E-state index in [0.29, 0.717) is 0 Å². The van der Waals surface area contributed by atoms with E-state index < -0.39 is 0 Å². The number of nitrogens with zero attached hydrogens (tertiary/aromatic N) is 1. The molecule has 0 aromatic heterocycles. The number of aliphatic hydroxyl groups excluding tert-OH is 2. The third-order valence-corrected chi connectivity index (χ3v) is 2.11. The lowest BCUT2D eigenvalue weighted by Crippen LogP contribution is -2.25. The molecule has 0 aliphatic carbocycles. The summed E-state index contributed by atoms with van der Waals surface area (Å²) in [5, 5.41) is 18.2. The van der Waals surface area contributed by atoms with Crippen LogP contribution in [0.4, 0.5) is 0 Å². The standard InChI is InChI=1S/C8H17NO2/c1-7(10)2-4-9-5-3-8(11)6-9/h7-8,10-11H,2-6H2,1H3/t7?,8-/m0/s1. The normalized spacial score (nSPS) is 29.2. The van der Waals surface area contributed by atoms with E-state index >= 15 is 0 Å². The van der Waals surface area contributed by atoms with Crippen molar-refractivity contribution in [1.82, 2.24) is 4.90 Å². The quantitative estimate of drug-likeness (QED) is 0.600. The zero-order chi connectivity index (χ0) is 8.27. The Bertz CT molecular complexity index is 117. The fraction of sp³-hybridized carbons (Fsp3) is 1.00. The van der Waals surface area contributed by atoms with Gasteiger partial charge in [0.2, 0.25) is 0 Å². The van der Waals surface area contributed by atoms with Crippen molar-refractivity contribution in [3.8, 4) is 0 Å². The van der Waals surface area contributed by atoms with Gasteiger partial charge in [0.05, 0.1) is 12.2 Å². The minimum Gasteiger partial charge on any atom is -0.393 e. The summed E-state index contributed by atoms with van der Waals surface area (Å²) < 4.78 is 0. The first-order chi connectivity index (χ1) is 5.18. The lowest BCUT2D eigenvalue weighted by Gasteiger charge is -2.15. The third-order valence-electron chi connectivity index (χ3n) is 2.11. The molecule has 3 nitrogen and oxygen atoms in total. The largest absolute Gasteiger partial charge is 0.393 e. The van der Waals surface area contributed by atoms with Crippen LogP contribution < -0.4 is 0 Å². The van der Waals surface area contributed by atoms with E-state index in [0.717, 1.165) is 32.5 Å². The molecule has 1 heterocycles. The Hall–Kier alpha value is -0.120. The Labute approximate surface area is 67.6 Å². The number of rotatable bonds is 3. The molecular formula is C8H17NO2. The molecule has 11 heavy (non-hydrogen) atoms. The summed E-state index contributed by atoms with van der Waals surface area (Å²) in [6.45, 7) is 4.47. The van der Waals surface area contributed by atoms with E-state index in [9.17, 15) is 0 Å². The summed E-state index contributed by atoms with van der Waals surface area (Å²) in [7, 11) is 0. The van der Waals surface area contributed by atoms with Crippen LogP contribution >= 0.6 is 0 Å². The smallest absolute Gasteiger partial charge is 0.0679 e. The molecule has 1 rings (SSSR count). The highest BCUT2D eigenvalue weighted by Crippen LogP contribution is 2.09. The van der Waals surface area contributed by atoms with Crippen LogP contribution in [0.15, 0.2) is 0 Å². The molecule has 66 valence electrons. The van der Waals surface area contributed by atoms with Crippen LogP contribution in [-0.2, 0) is 0 Å². The van der Waals surface area contributed by atoms with E-state index in [-0.39, 0.29) is 12.2 Å². The van der Waals surface area contributed by atoms with E-state index in [1.54, 1.807) is 6.92 Å². The fourth-order valence-electron chi connectivity index (χ4n) is 1.38. The van der Waals surface area contributed by atoms with Gasteiger partial charge in [0.1, 0.15) is 0 Å². The van der Waals surface area contributed by atoms with Gasteiger partial charge in [-0.25, -0.2) is 0 Å². The van der Waals surface area contributed by atoms with Crippen LogP contribution in [0.3, 0.4) is 0 Å². The van der Waals surface area contributed by atoms with E-state index in [1.165, 1.54) is 0 Å². The predicted molar refractivity (Wildman–Crippen MR) is 43.4 cm³/mol. The van der Waals surface area contributed by atoms with Crippen molar-refractivity contribution in [3.63, 3.8) is 0 Å². The lowest BCUT2D eigenvalue weighted by atomic mass is 10.3. The molecule has 1 fully saturated rings. The number of hydrogen-bond donors (Lipinski definition) is 2. The first kappa shape index (κ1) is 8.97. The molecule has 0 spiro atoms. The molecule has 0 aromatic rings. The molecule has 0 aromatic carbocycles. The van der Waals surface area contributed by atoms with Crippen molar-refractivity contribution in [1.29, 1.82) is 0 Å². The predicted octanol–water partition coefficient (Wildman–Crippen LogP) is -0.176. The van der Waals surface area contributed by atoms with Gasteiger partial charge in [-0.3, -0.25) is 0 Å². The van der Waals surface area contributed by atoms with E-state index in [2.05, 4.69) is 4.90 Å². The summed E-state index contributed by atoms with van der Waals surface area (Å²) in [4.78, 5) is 2.19. The Morgan fingerprint density at radius 2 is 2.36 bits per heavy atom. The number of β-amino-alcohol motifs (C(OH)–C–C–N with tert-alkyl or cyclic N) is 1. The van der Waals surface area contributed by atoms with Crippen LogP contribution in [0.25, 0.3) is 0 Å². The zero-order valence-corrected chi connectivity index (χ0v) is 7.03. The average molecular weight is 159 g/mol. The second kappa shape index (κ2) is 4.04. The maximum Gasteiger partial charge on any atom is 0.0679 e. The summed E-state index contributed by atoms with van der Waals surface area (Å²) in [6.07, 6.45) is 1.35. The SMILES string of the molecule is CC(O)CCN1CC[C@H](O)C1. The van der Waals surface area contributed by atoms with Crippen molar-refractivity contribution in [2.45, 2.75) is 32.0 Å². The monoisotopic (exact) mass is 159 g/mol. The molecular weight excluding hydrogens is 142 g/mol. The highest BCUT2D eigenvalue weighted by Gasteiger charge is 2.19. The van der Waals surface area contributed by atoms with Gasteiger partial charge < -0.3 is 15.1 Å². The van der Waals surface area contributed by atoms with Gasteiger partial charge in [0.15, 0.2) is 0 Å². The highest BCUT2D eigenvalue weighted by atomic mass is 16.3. The van der Waals surface area contributed by atoms with Crippen molar-refractivity contribution in [2.24, 2.45) is 0 Å². The minimum atomic E-state index is -0.215. The first-order valence-electron chi connectivity index (χ1n) is 4.27. The molecule has 3 heteroatoms. The van der Waals surface area contributed by atoms with Crippen LogP contribution in [0.2, 0.25) is 0 Å². The zero-order valence-electron chi connectivity index (χ0n) is 7.03. The Balaban J connectivity index is 2.08. The Morgan fingerprint density at radius 3 is 2.82 bits per heavy atom. The van der Waals surface area contributed by atoms with Crippen LogP contribution in [0, 0.1) is 0 Å². The summed E-state index contributed by atoms with van der Waals surface area (Å²) in [5.74, 6) is 0. The summed E-state index contributed by atoms with van der Waals surface area (Å²) in [5.41, 5.74) is 0. The fourth-order valence-corrected chi connectivity index (χ4v) is 1.38. The van der Waals surface area contributed by atoms with Gasteiger partial charge in [-0.15, -0.1) is 0 Å². The maximum atomic E-state index is 9.16. The van der Waals surface area contributed by atoms with E-state index in [1.807, 2.05) is 0 Å². The maximum absolute atomic E-state index is 9.16. The van der Waals surface area contributed by atoms with Crippen molar-refractivity contribution in [3.05, 3.63) is 0 Å². The number of likely N-dealkylation sites (tertiary alicyclic amines) is 1. The Kier molecular flexibility index (Phi) is 3.30. The van der Waals surface area contributed by atoms with Crippen LogP contribution in [0.5, 0.6) is 0 Å². The minimum absolute atomic E-state index is 0.135. The molecule has 0 radical (unpaired) electrons. The lowest BCUT2D eigenvalue weighted by molar-refractivity contribution is 0.149. The third kappa shape index (κ3) is 3.18. The molecule has 1 saturated heterocycles. The average Bonchev–Trinajstić information content (AvgIpc) is 2.31. The summed E-state index contributed by atoms with van der Waals surface area (Å²) in [6, 6.07) is 0. The van der Waals surface area contributed by atoms with Crippen molar-refractivity contribution < 1.29 is 10.2 Å². The molecule has 1 unspecified atom stereocenters. The summed E-state index contributed by atoms with van der Waals surface area (Å²) >= 11 is 0. The van der Waals surface area contributed by atoms with Gasteiger partial charge in [-0.1, -0.05) is 0 Å². The van der Waals surface area contributed by atoms with Gasteiger partial charge in [-0.05, 0) is 19.8 Å². The molecule has 0 saturated carbocycles. The molecule has 0 amide bonds. The van der Waals surface area contributed by atoms with Gasteiger partial charge >= 0.3 is 0 Å². The second-order valence-corrected chi connectivity index (χ2v) is 3.38. The van der Waals surface area contributed by atoms with Gasteiger partial charge in [-0.2, -0.15) is 0 Å². The van der Waals surface area contributed by atoms with E-state index in [4.69, 9.17) is 10.2 Å². The van der Waals surface area contributed by atoms with Crippen LogP contribution in [0.1, 0.15) is 19.8 Å². The topological polar surface area (TPSA) is 43.7 Å². The molecule has 1 aliphatic rings. The second-order valence-electron chi connectivity index (χ2n) is 3.38. The number of hydrogen-bond acceptors (Lipinski definition) is 3. The van der Waals surface area contributed by atoms with Crippen LogP contribution in [-0.4, -0.2) is 47.0 Å². The highest BCUT2D eigenvalue weighted by molar-refractivity contribution is 4.74. The van der Waals surface area contributed by atoms with Crippen molar-refractivity contribution in [2.75, 3.05) is 19.6 Å². The van der Waals surface area contributed by atoms with Crippen molar-refractivity contribution >= 4 is 0 Å². The molecule has 0 bridgehead atoms. The van der Waals surface area contributed by atoms with Gasteiger partial charge in [0.25, 0.3) is 0 Å².